The van der Waals surface area contributed by atoms with Gasteiger partial charge in [-0.1, -0.05) is 15.9 Å². The van der Waals surface area contributed by atoms with Crippen LogP contribution in [0.15, 0.2) is 27.6 Å². The third-order valence-corrected chi connectivity index (χ3v) is 3.44. The molecule has 1 atom stereocenters. The van der Waals surface area contributed by atoms with Crippen LogP contribution >= 0.6 is 15.9 Å². The van der Waals surface area contributed by atoms with Crippen molar-refractivity contribution in [1.82, 2.24) is 0 Å². The molecule has 0 aliphatic rings. The van der Waals surface area contributed by atoms with Gasteiger partial charge in [-0.25, -0.2) is 0 Å². The Morgan fingerprint density at radius 3 is 2.53 bits per heavy atom. The molecule has 0 radical (unpaired) electrons. The van der Waals surface area contributed by atoms with E-state index in [0.29, 0.717) is 4.47 Å². The Balaban J connectivity index is 2.96. The van der Waals surface area contributed by atoms with Crippen LogP contribution in [0.3, 0.4) is 0 Å². The third-order valence-electron chi connectivity index (χ3n) is 1.52. The summed E-state index contributed by atoms with van der Waals surface area (Å²) in [6.07, 6.45) is -4.46. The van der Waals surface area contributed by atoms with Crippen molar-refractivity contribution < 1.29 is 17.4 Å². The first kappa shape index (κ1) is 12.5. The number of halogens is 4. The summed E-state index contributed by atoms with van der Waals surface area (Å²) >= 11 is 3.07. The van der Waals surface area contributed by atoms with Gasteiger partial charge in [0.05, 0.1) is 15.7 Å². The normalized spacial score (nSPS) is 13.9. The van der Waals surface area contributed by atoms with E-state index >= 15 is 0 Å². The molecule has 0 fully saturated rings. The summed E-state index contributed by atoms with van der Waals surface area (Å²) in [5.74, 6) is -1.38. The lowest BCUT2D eigenvalue weighted by atomic mass is 10.3. The van der Waals surface area contributed by atoms with Gasteiger partial charge in [0.1, 0.15) is 5.75 Å². The predicted octanol–water partition coefficient (Wildman–Crippen LogP) is 2.70. The fourth-order valence-electron chi connectivity index (χ4n) is 0.932. The minimum Gasteiger partial charge on any atom is -0.398 e. The Hall–Kier alpha value is -0.560. The van der Waals surface area contributed by atoms with Crippen LogP contribution in [0, 0.1) is 0 Å². The molecule has 0 bridgehead atoms. The third kappa shape index (κ3) is 3.83. The first-order valence-electron chi connectivity index (χ1n) is 3.80. The van der Waals surface area contributed by atoms with Gasteiger partial charge < -0.3 is 5.73 Å². The maximum atomic E-state index is 12.0. The highest BCUT2D eigenvalue weighted by molar-refractivity contribution is 9.10. The van der Waals surface area contributed by atoms with Gasteiger partial charge in [0.2, 0.25) is 0 Å². The minimum atomic E-state index is -4.46. The first-order chi connectivity index (χ1) is 6.79. The fourth-order valence-corrected chi connectivity index (χ4v) is 2.49. The van der Waals surface area contributed by atoms with Gasteiger partial charge in [-0.05, 0) is 18.2 Å². The number of nitrogens with two attached hydrogens (primary N) is 1. The minimum absolute atomic E-state index is 0.00157. The standard InChI is InChI=1S/C8H7BrF3NOS/c9-5-1-2-6(13)7(3-5)15(14)4-8(10,11)12/h1-3H,4,13H2. The quantitative estimate of drug-likeness (QED) is 0.854. The Bertz CT molecular complexity index is 394. The zero-order valence-corrected chi connectivity index (χ0v) is 9.75. The summed E-state index contributed by atoms with van der Waals surface area (Å²) in [7, 11) is -2.15. The molecule has 0 saturated carbocycles. The van der Waals surface area contributed by atoms with Crippen molar-refractivity contribution in [1.29, 1.82) is 0 Å². The molecule has 1 aromatic carbocycles. The van der Waals surface area contributed by atoms with Gasteiger partial charge >= 0.3 is 6.18 Å². The molecule has 1 rings (SSSR count). The van der Waals surface area contributed by atoms with Crippen LogP contribution in [0.1, 0.15) is 0 Å². The molecule has 0 spiro atoms. The highest BCUT2D eigenvalue weighted by Crippen LogP contribution is 2.25. The number of alkyl halides is 3. The smallest absolute Gasteiger partial charge is 0.398 e. The molecule has 1 unspecified atom stereocenters. The highest BCUT2D eigenvalue weighted by Gasteiger charge is 2.31. The number of rotatable bonds is 2. The van der Waals surface area contributed by atoms with Crippen LogP contribution in [0.5, 0.6) is 0 Å². The molecule has 0 aliphatic heterocycles. The lowest BCUT2D eigenvalue weighted by molar-refractivity contribution is -0.105. The lowest BCUT2D eigenvalue weighted by Gasteiger charge is -2.08. The molecule has 7 heteroatoms. The van der Waals surface area contributed by atoms with Crippen molar-refractivity contribution in [3.05, 3.63) is 22.7 Å². The number of nitrogen functional groups attached to an aromatic ring is 1. The monoisotopic (exact) mass is 301 g/mol. The van der Waals surface area contributed by atoms with E-state index in [-0.39, 0.29) is 10.6 Å². The zero-order valence-electron chi connectivity index (χ0n) is 7.34. The summed E-state index contributed by atoms with van der Waals surface area (Å²) in [5.41, 5.74) is 5.53. The van der Waals surface area contributed by atoms with Gasteiger partial charge in [-0.2, -0.15) is 13.2 Å². The van der Waals surface area contributed by atoms with E-state index in [1.807, 2.05) is 0 Å². The summed E-state index contributed by atoms with van der Waals surface area (Å²) in [5, 5.41) is 0. The molecule has 15 heavy (non-hydrogen) atoms. The van der Waals surface area contributed by atoms with Gasteiger partial charge in [-0.15, -0.1) is 0 Å². The van der Waals surface area contributed by atoms with Crippen LogP contribution in [-0.4, -0.2) is 16.1 Å². The van der Waals surface area contributed by atoms with Gasteiger partial charge in [0.15, 0.2) is 0 Å². The van der Waals surface area contributed by atoms with E-state index in [1.165, 1.54) is 12.1 Å². The topological polar surface area (TPSA) is 43.1 Å². The Morgan fingerprint density at radius 2 is 2.00 bits per heavy atom. The number of benzene rings is 1. The maximum Gasteiger partial charge on any atom is 0.400 e. The number of anilines is 1. The van der Waals surface area contributed by atoms with Crippen LogP contribution in [0.25, 0.3) is 0 Å². The van der Waals surface area contributed by atoms with Crippen molar-refractivity contribution in [3.8, 4) is 0 Å². The van der Waals surface area contributed by atoms with Gasteiger partial charge in [-0.3, -0.25) is 4.21 Å². The van der Waals surface area contributed by atoms with Crippen LogP contribution in [-0.2, 0) is 10.8 Å². The summed E-state index contributed by atoms with van der Waals surface area (Å²) < 4.78 is 47.8. The predicted molar refractivity (Wildman–Crippen MR) is 55.9 cm³/mol. The SMILES string of the molecule is Nc1ccc(Br)cc1S(=O)CC(F)(F)F. The molecule has 84 valence electrons. The van der Waals surface area contributed by atoms with E-state index in [4.69, 9.17) is 5.73 Å². The Morgan fingerprint density at radius 1 is 1.40 bits per heavy atom. The van der Waals surface area contributed by atoms with Crippen LogP contribution in [0.4, 0.5) is 18.9 Å². The first-order valence-corrected chi connectivity index (χ1v) is 5.91. The average molecular weight is 302 g/mol. The summed E-state index contributed by atoms with van der Waals surface area (Å²) in [4.78, 5) is 0.00157. The lowest BCUT2D eigenvalue weighted by Crippen LogP contribution is -2.19. The summed E-state index contributed by atoms with van der Waals surface area (Å²) in [6.45, 7) is 0. The molecule has 0 amide bonds. The molecule has 0 aliphatic carbocycles. The second-order valence-corrected chi connectivity index (χ2v) is 5.12. The molecule has 0 saturated heterocycles. The summed E-state index contributed by atoms with van der Waals surface area (Å²) in [6, 6.07) is 4.31. The van der Waals surface area contributed by atoms with E-state index in [0.717, 1.165) is 0 Å². The number of hydrogen-bond acceptors (Lipinski definition) is 2. The zero-order chi connectivity index (χ0) is 11.6. The average Bonchev–Trinajstić information content (AvgIpc) is 2.06. The van der Waals surface area contributed by atoms with Crippen molar-refractivity contribution in [3.63, 3.8) is 0 Å². The molecular formula is C8H7BrF3NOS. The second kappa shape index (κ2) is 4.52. The fraction of sp³-hybridized carbons (Fsp3) is 0.250. The van der Waals surface area contributed by atoms with E-state index < -0.39 is 22.7 Å². The van der Waals surface area contributed by atoms with Crippen molar-refractivity contribution in [2.75, 3.05) is 11.5 Å². The molecule has 2 N–H and O–H groups in total. The van der Waals surface area contributed by atoms with Gasteiger partial charge in [0, 0.05) is 10.2 Å². The van der Waals surface area contributed by atoms with E-state index in [9.17, 15) is 17.4 Å². The van der Waals surface area contributed by atoms with Gasteiger partial charge in [0.25, 0.3) is 0 Å². The molecule has 1 aromatic rings. The van der Waals surface area contributed by atoms with Crippen LogP contribution < -0.4 is 5.73 Å². The molecule has 2 nitrogen and oxygen atoms in total. The van der Waals surface area contributed by atoms with E-state index in [1.54, 1.807) is 6.07 Å². The number of hydrogen-bond donors (Lipinski definition) is 1. The van der Waals surface area contributed by atoms with Crippen LogP contribution in [0.2, 0.25) is 0 Å². The maximum absolute atomic E-state index is 12.0. The molecule has 0 heterocycles. The molecular weight excluding hydrogens is 295 g/mol. The highest BCUT2D eigenvalue weighted by atomic mass is 79.9. The molecule has 0 aromatic heterocycles. The van der Waals surface area contributed by atoms with Crippen molar-refractivity contribution in [2.45, 2.75) is 11.1 Å². The Labute approximate surface area is 95.2 Å². The largest absolute Gasteiger partial charge is 0.400 e. The van der Waals surface area contributed by atoms with Crippen molar-refractivity contribution in [2.24, 2.45) is 0 Å². The Kier molecular flexibility index (Phi) is 3.77. The van der Waals surface area contributed by atoms with E-state index in [2.05, 4.69) is 15.9 Å². The second-order valence-electron chi connectivity index (χ2n) is 2.79. The van der Waals surface area contributed by atoms with Crippen molar-refractivity contribution >= 4 is 32.4 Å².